The van der Waals surface area contributed by atoms with Gasteiger partial charge in [0, 0.05) is 11.8 Å². The van der Waals surface area contributed by atoms with Gasteiger partial charge in [0.25, 0.3) is 0 Å². The summed E-state index contributed by atoms with van der Waals surface area (Å²) in [5.74, 6) is -0.413. The van der Waals surface area contributed by atoms with Gasteiger partial charge in [-0.3, -0.25) is 4.79 Å². The fourth-order valence-electron chi connectivity index (χ4n) is 0.827. The highest BCUT2D eigenvalue weighted by atomic mass is 16.4. The van der Waals surface area contributed by atoms with Crippen molar-refractivity contribution in [3.05, 3.63) is 11.8 Å². The topological polar surface area (TPSA) is 101 Å². The molecule has 1 aromatic heterocycles. The second-order valence-electron chi connectivity index (χ2n) is 2.51. The van der Waals surface area contributed by atoms with Crippen LogP contribution in [-0.4, -0.2) is 27.6 Å². The maximum Gasteiger partial charge on any atom is 0.322 e. The van der Waals surface area contributed by atoms with E-state index in [1.807, 2.05) is 0 Å². The number of nitrogens with one attached hydrogen (secondary N) is 1. The first-order chi connectivity index (χ1) is 6.08. The van der Waals surface area contributed by atoms with Crippen LogP contribution in [0, 0.1) is 6.92 Å². The smallest absolute Gasteiger partial charge is 0.322 e. The minimum absolute atomic E-state index is 0.219. The van der Waals surface area contributed by atoms with Crippen molar-refractivity contribution in [2.45, 2.75) is 6.92 Å². The normalized spacial score (nSPS) is 9.62. The fraction of sp³-hybridized carbons (Fsp3) is 0.286. The molecule has 0 saturated heterocycles. The number of aromatic nitrogens is 2. The monoisotopic (exact) mass is 182 g/mol. The maximum absolute atomic E-state index is 10.2. The molecule has 0 unspecified atom stereocenters. The number of nitrogen functional groups attached to an aromatic ring is 1. The number of anilines is 2. The van der Waals surface area contributed by atoms with Crippen LogP contribution < -0.4 is 11.1 Å². The van der Waals surface area contributed by atoms with Gasteiger partial charge in [0.2, 0.25) is 5.95 Å². The van der Waals surface area contributed by atoms with Crippen molar-refractivity contribution in [1.82, 2.24) is 9.97 Å². The molecule has 0 atom stereocenters. The highest BCUT2D eigenvalue weighted by molar-refractivity contribution is 5.71. The molecule has 6 heteroatoms. The molecule has 0 aliphatic rings. The third-order valence-corrected chi connectivity index (χ3v) is 1.27. The molecular weight excluding hydrogens is 172 g/mol. The summed E-state index contributed by atoms with van der Waals surface area (Å²) in [6.45, 7) is 1.53. The van der Waals surface area contributed by atoms with Crippen LogP contribution in [0.3, 0.4) is 0 Å². The standard InChI is InChI=1S/C7H10N4O2/c1-4-2-5(8)11-7(10-4)9-3-6(12)13/h2H,3H2,1H3,(H,12,13)(H3,8,9,10,11). The molecule has 0 radical (unpaired) electrons. The summed E-state index contributed by atoms with van der Waals surface area (Å²) in [6, 6.07) is 1.60. The molecule has 0 aliphatic heterocycles. The van der Waals surface area contributed by atoms with Crippen LogP contribution in [0.5, 0.6) is 0 Å². The molecule has 1 heterocycles. The highest BCUT2D eigenvalue weighted by Gasteiger charge is 2.01. The third-order valence-electron chi connectivity index (χ3n) is 1.27. The molecule has 6 nitrogen and oxygen atoms in total. The minimum atomic E-state index is -0.969. The molecule has 0 bridgehead atoms. The largest absolute Gasteiger partial charge is 0.480 e. The second-order valence-corrected chi connectivity index (χ2v) is 2.51. The number of hydrogen-bond donors (Lipinski definition) is 3. The van der Waals surface area contributed by atoms with Crippen LogP contribution in [-0.2, 0) is 4.79 Å². The van der Waals surface area contributed by atoms with E-state index < -0.39 is 5.97 Å². The predicted octanol–water partition coefficient (Wildman–Crippen LogP) is -0.136. The van der Waals surface area contributed by atoms with Gasteiger partial charge in [0.1, 0.15) is 12.4 Å². The van der Waals surface area contributed by atoms with Gasteiger partial charge in [-0.15, -0.1) is 0 Å². The minimum Gasteiger partial charge on any atom is -0.480 e. The molecule has 13 heavy (non-hydrogen) atoms. The Hall–Kier alpha value is -1.85. The van der Waals surface area contributed by atoms with Gasteiger partial charge < -0.3 is 16.2 Å². The molecule has 1 aromatic rings. The number of rotatable bonds is 3. The van der Waals surface area contributed by atoms with Crippen molar-refractivity contribution in [2.24, 2.45) is 0 Å². The van der Waals surface area contributed by atoms with Gasteiger partial charge in [-0.05, 0) is 6.92 Å². The summed E-state index contributed by atoms with van der Waals surface area (Å²) in [4.78, 5) is 17.9. The molecule has 0 fully saturated rings. The molecule has 4 N–H and O–H groups in total. The molecule has 70 valence electrons. The Balaban J connectivity index is 2.71. The molecule has 0 spiro atoms. The van der Waals surface area contributed by atoms with Crippen molar-refractivity contribution >= 4 is 17.7 Å². The zero-order chi connectivity index (χ0) is 9.84. The predicted molar refractivity (Wildman–Crippen MR) is 47.3 cm³/mol. The number of hydrogen-bond acceptors (Lipinski definition) is 5. The van der Waals surface area contributed by atoms with Crippen LogP contribution in [0.25, 0.3) is 0 Å². The van der Waals surface area contributed by atoms with Crippen molar-refractivity contribution < 1.29 is 9.90 Å². The number of aliphatic carboxylic acids is 1. The van der Waals surface area contributed by atoms with E-state index >= 15 is 0 Å². The van der Waals surface area contributed by atoms with Gasteiger partial charge >= 0.3 is 5.97 Å². The highest BCUT2D eigenvalue weighted by Crippen LogP contribution is 2.04. The first-order valence-electron chi connectivity index (χ1n) is 3.65. The number of carboxylic acid groups (broad SMARTS) is 1. The van der Waals surface area contributed by atoms with Gasteiger partial charge in [-0.25, -0.2) is 4.98 Å². The summed E-state index contributed by atoms with van der Waals surface area (Å²) in [6.07, 6.45) is 0. The Morgan fingerprint density at radius 3 is 2.92 bits per heavy atom. The van der Waals surface area contributed by atoms with Crippen LogP contribution in [0.1, 0.15) is 5.69 Å². The molecule has 0 aromatic carbocycles. The summed E-state index contributed by atoms with van der Waals surface area (Å²) >= 11 is 0. The van der Waals surface area contributed by atoms with Gasteiger partial charge in [-0.2, -0.15) is 4.98 Å². The average molecular weight is 182 g/mol. The first kappa shape index (κ1) is 9.24. The van der Waals surface area contributed by atoms with E-state index in [2.05, 4.69) is 15.3 Å². The lowest BCUT2D eigenvalue weighted by Crippen LogP contribution is -2.15. The lowest BCUT2D eigenvalue weighted by Gasteiger charge is -2.02. The van der Waals surface area contributed by atoms with Gasteiger partial charge in [-0.1, -0.05) is 0 Å². The lowest BCUT2D eigenvalue weighted by atomic mass is 10.4. The number of carbonyl (C=O) groups is 1. The van der Waals surface area contributed by atoms with Crippen molar-refractivity contribution in [3.8, 4) is 0 Å². The molecule has 1 rings (SSSR count). The Kier molecular flexibility index (Phi) is 2.63. The van der Waals surface area contributed by atoms with E-state index in [0.717, 1.165) is 0 Å². The van der Waals surface area contributed by atoms with E-state index in [1.54, 1.807) is 13.0 Å². The number of carboxylic acids is 1. The fourth-order valence-corrected chi connectivity index (χ4v) is 0.827. The Bertz CT molecular complexity index is 306. The van der Waals surface area contributed by atoms with Gasteiger partial charge in [0.15, 0.2) is 0 Å². The lowest BCUT2D eigenvalue weighted by molar-refractivity contribution is -0.134. The number of aryl methyl sites for hydroxylation is 1. The molecule has 0 aliphatic carbocycles. The molecular formula is C7H10N4O2. The third kappa shape index (κ3) is 2.94. The van der Waals surface area contributed by atoms with Gasteiger partial charge in [0.05, 0.1) is 0 Å². The van der Waals surface area contributed by atoms with Crippen LogP contribution in [0.15, 0.2) is 6.07 Å². The Morgan fingerprint density at radius 2 is 2.38 bits per heavy atom. The SMILES string of the molecule is Cc1cc(N)nc(NCC(=O)O)n1. The molecule has 0 amide bonds. The summed E-state index contributed by atoms with van der Waals surface area (Å²) in [7, 11) is 0. The van der Waals surface area contributed by atoms with E-state index in [1.165, 1.54) is 0 Å². The summed E-state index contributed by atoms with van der Waals surface area (Å²) < 4.78 is 0. The molecule has 0 saturated carbocycles. The van der Waals surface area contributed by atoms with E-state index in [0.29, 0.717) is 11.5 Å². The van der Waals surface area contributed by atoms with Crippen LogP contribution in [0.4, 0.5) is 11.8 Å². The first-order valence-corrected chi connectivity index (χ1v) is 3.65. The maximum atomic E-state index is 10.2. The number of nitrogens with two attached hydrogens (primary N) is 1. The van der Waals surface area contributed by atoms with E-state index in [-0.39, 0.29) is 12.5 Å². The van der Waals surface area contributed by atoms with E-state index in [4.69, 9.17) is 10.8 Å². The van der Waals surface area contributed by atoms with Crippen molar-refractivity contribution in [3.63, 3.8) is 0 Å². The zero-order valence-electron chi connectivity index (χ0n) is 7.11. The number of nitrogens with zero attached hydrogens (tertiary/aromatic N) is 2. The van der Waals surface area contributed by atoms with Crippen LogP contribution in [0.2, 0.25) is 0 Å². The summed E-state index contributed by atoms with van der Waals surface area (Å²) in [5.41, 5.74) is 6.12. The Morgan fingerprint density at radius 1 is 1.69 bits per heavy atom. The Labute approximate surface area is 74.8 Å². The van der Waals surface area contributed by atoms with Crippen LogP contribution >= 0.6 is 0 Å². The second kappa shape index (κ2) is 3.70. The quantitative estimate of drug-likeness (QED) is 0.601. The van der Waals surface area contributed by atoms with Crippen molar-refractivity contribution in [2.75, 3.05) is 17.6 Å². The summed E-state index contributed by atoms with van der Waals surface area (Å²) in [5, 5.41) is 10.9. The van der Waals surface area contributed by atoms with Crippen molar-refractivity contribution in [1.29, 1.82) is 0 Å². The average Bonchev–Trinajstić information content (AvgIpc) is 1.99. The zero-order valence-corrected chi connectivity index (χ0v) is 7.11. The van der Waals surface area contributed by atoms with E-state index in [9.17, 15) is 4.79 Å².